The molecule has 0 fully saturated rings. The van der Waals surface area contributed by atoms with Gasteiger partial charge in [0.2, 0.25) is 5.91 Å². The number of anilines is 1. The number of fused-ring (bicyclic) bond motifs is 1. The van der Waals surface area contributed by atoms with E-state index in [2.05, 4.69) is 16.9 Å². The Kier molecular flexibility index (Phi) is 5.52. The zero-order valence-electron chi connectivity index (χ0n) is 15.1. The number of nitrogens with zero attached hydrogens (tertiary/aromatic N) is 2. The Bertz CT molecular complexity index is 1100. The molecule has 0 radical (unpaired) electrons. The van der Waals surface area contributed by atoms with Crippen LogP contribution in [0.4, 0.5) is 5.69 Å². The topological polar surface area (TPSA) is 72.7 Å². The number of amides is 2. The monoisotopic (exact) mass is 381 g/mol. The lowest BCUT2D eigenvalue weighted by Gasteiger charge is -2.04. The molecule has 1 aromatic heterocycles. The van der Waals surface area contributed by atoms with E-state index in [1.807, 2.05) is 22.8 Å². The molecule has 6 nitrogen and oxygen atoms in total. The zero-order valence-corrected chi connectivity index (χ0v) is 15.9. The lowest BCUT2D eigenvalue weighted by atomic mass is 10.2. The first-order chi connectivity index (χ1) is 13.0. The molecule has 2 aromatic carbocycles. The first-order valence-electron chi connectivity index (χ1n) is 8.27. The van der Waals surface area contributed by atoms with Crippen LogP contribution in [0.15, 0.2) is 60.1 Å². The number of methoxy groups -OCH3 is 1. The fourth-order valence-corrected chi connectivity index (χ4v) is 3.73. The van der Waals surface area contributed by atoms with Gasteiger partial charge >= 0.3 is 0 Å². The molecule has 1 N–H and O–H groups in total. The number of thiazole rings is 1. The maximum absolute atomic E-state index is 12.6. The lowest BCUT2D eigenvalue weighted by molar-refractivity contribution is -0.114. The molecule has 3 rings (SSSR count). The molecule has 138 valence electrons. The summed E-state index contributed by atoms with van der Waals surface area (Å²) in [5, 5.41) is 2.76. The minimum absolute atomic E-state index is 0.136. The van der Waals surface area contributed by atoms with E-state index < -0.39 is 0 Å². The van der Waals surface area contributed by atoms with Crippen molar-refractivity contribution in [2.45, 2.75) is 13.5 Å². The largest absolute Gasteiger partial charge is 0.497 e. The van der Waals surface area contributed by atoms with Gasteiger partial charge in [-0.25, -0.2) is 0 Å². The van der Waals surface area contributed by atoms with Crippen LogP contribution in [0.2, 0.25) is 0 Å². The number of nitrogens with one attached hydrogen (secondary N) is 1. The van der Waals surface area contributed by atoms with Crippen molar-refractivity contribution in [3.63, 3.8) is 0 Å². The molecular weight excluding hydrogens is 362 g/mol. The van der Waals surface area contributed by atoms with Crippen LogP contribution in [0.1, 0.15) is 17.3 Å². The summed E-state index contributed by atoms with van der Waals surface area (Å²) in [5.41, 5.74) is 2.08. The van der Waals surface area contributed by atoms with Crippen molar-refractivity contribution in [1.29, 1.82) is 0 Å². The number of ether oxygens (including phenoxy) is 1. The van der Waals surface area contributed by atoms with Gasteiger partial charge in [-0.1, -0.05) is 23.5 Å². The molecule has 0 aliphatic carbocycles. The van der Waals surface area contributed by atoms with Gasteiger partial charge in [-0.2, -0.15) is 4.99 Å². The highest BCUT2D eigenvalue weighted by molar-refractivity contribution is 7.16. The van der Waals surface area contributed by atoms with Gasteiger partial charge in [-0.3, -0.25) is 9.59 Å². The summed E-state index contributed by atoms with van der Waals surface area (Å²) < 4.78 is 8.00. The van der Waals surface area contributed by atoms with Gasteiger partial charge in [0.05, 0.1) is 17.3 Å². The van der Waals surface area contributed by atoms with Crippen molar-refractivity contribution in [2.75, 3.05) is 12.4 Å². The molecule has 0 bridgehead atoms. The third-order valence-electron chi connectivity index (χ3n) is 3.83. The first-order valence-corrected chi connectivity index (χ1v) is 9.08. The van der Waals surface area contributed by atoms with Gasteiger partial charge in [0, 0.05) is 24.7 Å². The van der Waals surface area contributed by atoms with Crippen LogP contribution in [-0.2, 0) is 11.3 Å². The highest BCUT2D eigenvalue weighted by Crippen LogP contribution is 2.22. The summed E-state index contributed by atoms with van der Waals surface area (Å²) >= 11 is 1.38. The quantitative estimate of drug-likeness (QED) is 0.687. The summed E-state index contributed by atoms with van der Waals surface area (Å²) in [7, 11) is 1.55. The van der Waals surface area contributed by atoms with Gasteiger partial charge in [0.1, 0.15) is 5.75 Å². The Labute approximate surface area is 160 Å². The zero-order chi connectivity index (χ0) is 19.4. The Morgan fingerprint density at radius 1 is 1.30 bits per heavy atom. The van der Waals surface area contributed by atoms with Gasteiger partial charge in [0.25, 0.3) is 5.91 Å². The fourth-order valence-electron chi connectivity index (χ4n) is 2.65. The first kappa shape index (κ1) is 18.6. The molecule has 0 unspecified atom stereocenters. The van der Waals surface area contributed by atoms with Gasteiger partial charge in [-0.05, 0) is 36.4 Å². The van der Waals surface area contributed by atoms with E-state index >= 15 is 0 Å². The summed E-state index contributed by atoms with van der Waals surface area (Å²) in [6.45, 7) is 5.76. The minimum atomic E-state index is -0.347. The van der Waals surface area contributed by atoms with Crippen molar-refractivity contribution in [3.05, 3.63) is 65.5 Å². The van der Waals surface area contributed by atoms with E-state index in [9.17, 15) is 9.59 Å². The predicted octanol–water partition coefficient (Wildman–Crippen LogP) is 3.60. The molecule has 0 spiro atoms. The number of aromatic nitrogens is 1. The van der Waals surface area contributed by atoms with E-state index in [-0.39, 0.29) is 11.8 Å². The van der Waals surface area contributed by atoms with Crippen LogP contribution in [0.5, 0.6) is 5.75 Å². The predicted molar refractivity (Wildman–Crippen MR) is 107 cm³/mol. The van der Waals surface area contributed by atoms with E-state index in [4.69, 9.17) is 4.74 Å². The van der Waals surface area contributed by atoms with E-state index in [0.29, 0.717) is 28.3 Å². The van der Waals surface area contributed by atoms with E-state index in [1.54, 1.807) is 37.5 Å². The summed E-state index contributed by atoms with van der Waals surface area (Å²) in [6.07, 6.45) is 1.75. The molecular formula is C20H19N3O3S. The lowest BCUT2D eigenvalue weighted by Crippen LogP contribution is -2.16. The van der Waals surface area contributed by atoms with Crippen molar-refractivity contribution < 1.29 is 14.3 Å². The Balaban J connectivity index is 2.09. The second-order valence-electron chi connectivity index (χ2n) is 5.80. The number of carbonyl (C=O) groups excluding carboxylic acids is 2. The summed E-state index contributed by atoms with van der Waals surface area (Å²) in [6, 6.07) is 12.5. The minimum Gasteiger partial charge on any atom is -0.497 e. The van der Waals surface area contributed by atoms with Crippen LogP contribution in [-0.4, -0.2) is 23.5 Å². The number of hydrogen-bond donors (Lipinski definition) is 1. The molecule has 1 heterocycles. The molecule has 27 heavy (non-hydrogen) atoms. The molecule has 0 aliphatic heterocycles. The second-order valence-corrected chi connectivity index (χ2v) is 6.81. The van der Waals surface area contributed by atoms with Crippen LogP contribution in [0.25, 0.3) is 10.2 Å². The van der Waals surface area contributed by atoms with Crippen molar-refractivity contribution >= 4 is 39.1 Å². The van der Waals surface area contributed by atoms with Crippen molar-refractivity contribution in [2.24, 2.45) is 4.99 Å². The molecule has 0 aliphatic rings. The van der Waals surface area contributed by atoms with Crippen molar-refractivity contribution in [1.82, 2.24) is 4.57 Å². The summed E-state index contributed by atoms with van der Waals surface area (Å²) in [5.74, 6) is 0.120. The fraction of sp³-hybridized carbons (Fsp3) is 0.150. The molecule has 3 aromatic rings. The van der Waals surface area contributed by atoms with Gasteiger partial charge < -0.3 is 14.6 Å². The van der Waals surface area contributed by atoms with Crippen LogP contribution < -0.4 is 14.9 Å². The molecule has 7 heteroatoms. The number of carbonyl (C=O) groups is 2. The maximum atomic E-state index is 12.6. The van der Waals surface area contributed by atoms with Crippen LogP contribution >= 0.6 is 11.3 Å². The third-order valence-corrected chi connectivity index (χ3v) is 4.87. The summed E-state index contributed by atoms with van der Waals surface area (Å²) in [4.78, 5) is 28.8. The molecule has 0 atom stereocenters. The Hall–Kier alpha value is -3.19. The normalized spacial score (nSPS) is 11.4. The van der Waals surface area contributed by atoms with Gasteiger partial charge in [-0.15, -0.1) is 6.58 Å². The van der Waals surface area contributed by atoms with Crippen LogP contribution in [0.3, 0.4) is 0 Å². The maximum Gasteiger partial charge on any atom is 0.279 e. The number of benzene rings is 2. The number of allylic oxidation sites excluding steroid dienone is 1. The number of hydrogen-bond acceptors (Lipinski definition) is 4. The Morgan fingerprint density at radius 3 is 2.81 bits per heavy atom. The second kappa shape index (κ2) is 8.01. The van der Waals surface area contributed by atoms with Gasteiger partial charge in [0.15, 0.2) is 4.80 Å². The highest BCUT2D eigenvalue weighted by Gasteiger charge is 2.10. The third kappa shape index (κ3) is 4.15. The Morgan fingerprint density at radius 2 is 2.11 bits per heavy atom. The van der Waals surface area contributed by atoms with Crippen LogP contribution in [0, 0.1) is 0 Å². The average molecular weight is 381 g/mol. The van der Waals surface area contributed by atoms with Crippen molar-refractivity contribution in [3.8, 4) is 5.75 Å². The van der Waals surface area contributed by atoms with E-state index in [0.717, 1.165) is 10.2 Å². The van der Waals surface area contributed by atoms with E-state index in [1.165, 1.54) is 18.3 Å². The number of rotatable bonds is 5. The molecule has 0 saturated heterocycles. The average Bonchev–Trinajstić information content (AvgIpc) is 2.98. The SMILES string of the molecule is C=CCn1c(=NC(=O)c2cccc(OC)c2)sc2cc(NC(C)=O)ccc21. The molecule has 2 amide bonds. The smallest absolute Gasteiger partial charge is 0.279 e. The standard InChI is InChI=1S/C20H19N3O3S/c1-4-10-23-17-9-8-15(21-13(2)24)12-18(17)27-20(23)22-19(25)14-6-5-7-16(11-14)26-3/h4-9,11-12H,1,10H2,2-3H3,(H,21,24). The highest BCUT2D eigenvalue weighted by atomic mass is 32.1. The molecule has 0 saturated carbocycles.